The predicted molar refractivity (Wildman–Crippen MR) is 96.2 cm³/mol. The van der Waals surface area contributed by atoms with Crippen molar-refractivity contribution in [1.82, 2.24) is 19.7 Å². The lowest BCUT2D eigenvalue weighted by atomic mass is 10.3. The number of para-hydroxylation sites is 1. The van der Waals surface area contributed by atoms with Gasteiger partial charge in [0.15, 0.2) is 11.4 Å². The number of nitrogens with one attached hydrogen (secondary N) is 1. The molecule has 1 aromatic carbocycles. The molecule has 0 bridgehead atoms. The molecule has 0 aliphatic rings. The van der Waals surface area contributed by atoms with Crippen LogP contribution in [0.5, 0.6) is 0 Å². The predicted octanol–water partition coefficient (Wildman–Crippen LogP) is 4.11. The zero-order valence-corrected chi connectivity index (χ0v) is 14.3. The molecule has 140 valence electrons. The number of hydrogen-bond acceptors (Lipinski definition) is 5. The molecule has 0 spiro atoms. The van der Waals surface area contributed by atoms with Gasteiger partial charge in [0.1, 0.15) is 6.26 Å². The monoisotopic (exact) mass is 381 g/mol. The fourth-order valence-corrected chi connectivity index (χ4v) is 2.55. The minimum Gasteiger partial charge on any atom is -0.444 e. The maximum atomic E-state index is 13.4. The summed E-state index contributed by atoms with van der Waals surface area (Å²) in [6.45, 7) is 0. The fraction of sp³-hybridized carbons (Fsp3) is 0.0526. The molecule has 4 rings (SSSR count). The van der Waals surface area contributed by atoms with Gasteiger partial charge in [-0.2, -0.15) is 5.10 Å². The number of benzene rings is 1. The third kappa shape index (κ3) is 3.50. The Balaban J connectivity index is 1.59. The third-order valence-corrected chi connectivity index (χ3v) is 3.88. The number of hydrogen-bond donors (Lipinski definition) is 1. The van der Waals surface area contributed by atoms with Crippen LogP contribution in [0, 0.1) is 0 Å². The highest BCUT2D eigenvalue weighted by Crippen LogP contribution is 2.27. The molecule has 0 fully saturated rings. The Morgan fingerprint density at radius 1 is 1.11 bits per heavy atom. The molecular weight excluding hydrogens is 368 g/mol. The summed E-state index contributed by atoms with van der Waals surface area (Å²) in [5.41, 5.74) is 0.553. The summed E-state index contributed by atoms with van der Waals surface area (Å²) in [6, 6.07) is 12.1. The van der Waals surface area contributed by atoms with E-state index in [4.69, 9.17) is 4.42 Å². The van der Waals surface area contributed by atoms with Gasteiger partial charge in [0, 0.05) is 18.0 Å². The van der Waals surface area contributed by atoms with E-state index in [0.717, 1.165) is 6.26 Å². The van der Waals surface area contributed by atoms with Crippen LogP contribution in [-0.2, 0) is 0 Å². The highest BCUT2D eigenvalue weighted by atomic mass is 19.3. The van der Waals surface area contributed by atoms with E-state index in [2.05, 4.69) is 20.4 Å². The summed E-state index contributed by atoms with van der Waals surface area (Å²) in [6.07, 6.45) is 2.76. The van der Waals surface area contributed by atoms with Crippen molar-refractivity contribution in [3.63, 3.8) is 0 Å². The number of aromatic nitrogens is 4. The van der Waals surface area contributed by atoms with Gasteiger partial charge in [-0.25, -0.2) is 18.4 Å². The van der Waals surface area contributed by atoms with Crippen LogP contribution < -0.4 is 5.32 Å². The summed E-state index contributed by atoms with van der Waals surface area (Å²) in [5, 5.41) is 6.31. The van der Waals surface area contributed by atoms with Gasteiger partial charge >= 0.3 is 0 Å². The van der Waals surface area contributed by atoms with Gasteiger partial charge in [0.2, 0.25) is 5.89 Å². The second-order valence-corrected chi connectivity index (χ2v) is 5.74. The first kappa shape index (κ1) is 17.5. The van der Waals surface area contributed by atoms with Crippen molar-refractivity contribution in [1.29, 1.82) is 0 Å². The smallest absolute Gasteiger partial charge is 0.284 e. The summed E-state index contributed by atoms with van der Waals surface area (Å²) < 4.78 is 33.3. The van der Waals surface area contributed by atoms with E-state index in [1.165, 1.54) is 10.9 Å². The number of nitrogens with zero attached hydrogens (tertiary/aromatic N) is 4. The van der Waals surface area contributed by atoms with Crippen molar-refractivity contribution in [2.75, 3.05) is 5.32 Å². The minimum atomic E-state index is -2.86. The lowest BCUT2D eigenvalue weighted by molar-refractivity contribution is 0.102. The second kappa shape index (κ2) is 7.39. The van der Waals surface area contributed by atoms with Crippen LogP contribution in [0.3, 0.4) is 0 Å². The molecular formula is C19H13F2N5O2. The van der Waals surface area contributed by atoms with E-state index in [0.29, 0.717) is 11.3 Å². The molecule has 0 unspecified atom stereocenters. The lowest BCUT2D eigenvalue weighted by Crippen LogP contribution is -2.13. The van der Waals surface area contributed by atoms with Crippen molar-refractivity contribution in [3.8, 4) is 17.1 Å². The van der Waals surface area contributed by atoms with Crippen molar-refractivity contribution >= 4 is 11.6 Å². The van der Waals surface area contributed by atoms with Crippen LogP contribution in [0.2, 0.25) is 0 Å². The van der Waals surface area contributed by atoms with Gasteiger partial charge in [0.05, 0.1) is 17.6 Å². The molecule has 1 N–H and O–H groups in total. The second-order valence-electron chi connectivity index (χ2n) is 5.74. The zero-order chi connectivity index (χ0) is 19.5. The van der Waals surface area contributed by atoms with E-state index < -0.39 is 18.0 Å². The van der Waals surface area contributed by atoms with E-state index in [9.17, 15) is 13.6 Å². The fourth-order valence-electron chi connectivity index (χ4n) is 2.55. The molecule has 9 heteroatoms. The standard InChI is InChI=1S/C19H13F2N5O2/c20-17(21)16-14(10-26(25-16)13-4-2-1-3-5-13)23-18(27)15-11-28-19(24-15)12-6-8-22-9-7-12/h1-11,17H,(H,23,27). The molecule has 0 saturated heterocycles. The largest absolute Gasteiger partial charge is 0.444 e. The maximum Gasteiger partial charge on any atom is 0.284 e. The minimum absolute atomic E-state index is 0.0421. The Bertz CT molecular complexity index is 1090. The first-order chi connectivity index (χ1) is 13.6. The van der Waals surface area contributed by atoms with E-state index >= 15 is 0 Å². The van der Waals surface area contributed by atoms with Gasteiger partial charge in [-0.3, -0.25) is 9.78 Å². The zero-order valence-electron chi connectivity index (χ0n) is 14.3. The van der Waals surface area contributed by atoms with Gasteiger partial charge in [0.25, 0.3) is 12.3 Å². The van der Waals surface area contributed by atoms with Crippen LogP contribution in [0.4, 0.5) is 14.5 Å². The topological polar surface area (TPSA) is 85.8 Å². The molecule has 4 aromatic rings. The average molecular weight is 381 g/mol. The Labute approximate surface area is 157 Å². The molecule has 1 amide bonds. The molecule has 28 heavy (non-hydrogen) atoms. The van der Waals surface area contributed by atoms with Gasteiger partial charge < -0.3 is 9.73 Å². The number of rotatable bonds is 5. The molecule has 0 atom stereocenters. The molecule has 0 aliphatic carbocycles. The van der Waals surface area contributed by atoms with Gasteiger partial charge in [-0.05, 0) is 24.3 Å². The lowest BCUT2D eigenvalue weighted by Gasteiger charge is -2.01. The summed E-state index contributed by atoms with van der Waals surface area (Å²) >= 11 is 0. The van der Waals surface area contributed by atoms with Crippen LogP contribution in [-0.4, -0.2) is 25.7 Å². The van der Waals surface area contributed by atoms with Crippen LogP contribution in [0.1, 0.15) is 22.6 Å². The van der Waals surface area contributed by atoms with Crippen molar-refractivity contribution in [2.45, 2.75) is 6.43 Å². The number of oxazole rings is 1. The van der Waals surface area contributed by atoms with Gasteiger partial charge in [-0.15, -0.1) is 0 Å². The van der Waals surface area contributed by atoms with Crippen molar-refractivity contribution < 1.29 is 18.0 Å². The van der Waals surface area contributed by atoms with E-state index in [1.807, 2.05) is 0 Å². The number of anilines is 1. The Kier molecular flexibility index (Phi) is 4.63. The summed E-state index contributed by atoms with van der Waals surface area (Å²) in [7, 11) is 0. The van der Waals surface area contributed by atoms with Crippen LogP contribution in [0.25, 0.3) is 17.1 Å². The summed E-state index contributed by atoms with van der Waals surface area (Å²) in [4.78, 5) is 20.4. The summed E-state index contributed by atoms with van der Waals surface area (Å²) in [5.74, 6) is -0.458. The van der Waals surface area contributed by atoms with Crippen molar-refractivity contribution in [2.24, 2.45) is 0 Å². The van der Waals surface area contributed by atoms with Gasteiger partial charge in [-0.1, -0.05) is 18.2 Å². The number of amides is 1. The number of halogens is 2. The molecule has 0 aliphatic heterocycles. The number of pyridine rings is 1. The number of carbonyl (C=O) groups is 1. The molecule has 3 aromatic heterocycles. The SMILES string of the molecule is O=C(Nc1cn(-c2ccccc2)nc1C(F)F)c1coc(-c2ccncc2)n1. The quantitative estimate of drug-likeness (QED) is 0.562. The van der Waals surface area contributed by atoms with Crippen LogP contribution >= 0.6 is 0 Å². The van der Waals surface area contributed by atoms with E-state index in [1.54, 1.807) is 54.9 Å². The Morgan fingerprint density at radius 2 is 1.86 bits per heavy atom. The molecule has 3 heterocycles. The Morgan fingerprint density at radius 3 is 2.57 bits per heavy atom. The molecule has 0 radical (unpaired) electrons. The highest BCUT2D eigenvalue weighted by molar-refractivity contribution is 6.03. The highest BCUT2D eigenvalue weighted by Gasteiger charge is 2.22. The Hall–Kier alpha value is -3.88. The average Bonchev–Trinajstić information content (AvgIpc) is 3.37. The molecule has 7 nitrogen and oxygen atoms in total. The first-order valence-corrected chi connectivity index (χ1v) is 8.22. The number of alkyl halides is 2. The molecule has 0 saturated carbocycles. The first-order valence-electron chi connectivity index (χ1n) is 8.22. The normalized spacial score (nSPS) is 11.0. The van der Waals surface area contributed by atoms with Crippen molar-refractivity contribution in [3.05, 3.63) is 78.7 Å². The third-order valence-electron chi connectivity index (χ3n) is 3.88. The number of carbonyl (C=O) groups excluding carboxylic acids is 1. The maximum absolute atomic E-state index is 13.4. The van der Waals surface area contributed by atoms with Crippen LogP contribution in [0.15, 0.2) is 71.7 Å². The van der Waals surface area contributed by atoms with E-state index in [-0.39, 0.29) is 17.3 Å².